The third-order valence-corrected chi connectivity index (χ3v) is 4.50. The third-order valence-electron chi connectivity index (χ3n) is 2.53. The second kappa shape index (κ2) is 5.90. The van der Waals surface area contributed by atoms with E-state index in [0.29, 0.717) is 20.5 Å². The minimum absolute atomic E-state index is 0.0395. The van der Waals surface area contributed by atoms with Crippen LogP contribution >= 0.6 is 34.5 Å². The van der Waals surface area contributed by atoms with Gasteiger partial charge >= 0.3 is 5.97 Å². The van der Waals surface area contributed by atoms with Crippen LogP contribution in [-0.2, 0) is 6.42 Å². The molecule has 1 heterocycles. The number of thiazole rings is 1. The molecule has 19 heavy (non-hydrogen) atoms. The number of benzene rings is 1. The summed E-state index contributed by atoms with van der Waals surface area (Å²) >= 11 is 13.5. The summed E-state index contributed by atoms with van der Waals surface area (Å²) in [7, 11) is 0. The average molecular weight is 316 g/mol. The molecule has 1 N–H and O–H groups in total. The minimum atomic E-state index is -1.05. The second-order valence-corrected chi connectivity index (χ2v) is 5.81. The number of aromatic nitrogens is 1. The SMILES string of the molecule is CCCc1nc(C(=O)O)c(-c2cccc(Cl)c2Cl)s1. The van der Waals surface area contributed by atoms with E-state index >= 15 is 0 Å². The number of nitrogens with zero attached hydrogens (tertiary/aromatic N) is 1. The molecule has 0 radical (unpaired) electrons. The molecule has 0 fully saturated rings. The van der Waals surface area contributed by atoms with Gasteiger partial charge in [0, 0.05) is 5.56 Å². The van der Waals surface area contributed by atoms with E-state index in [0.717, 1.165) is 17.8 Å². The first-order valence-electron chi connectivity index (χ1n) is 5.72. The molecule has 0 aliphatic rings. The molecule has 0 saturated carbocycles. The number of carboxylic acids is 1. The van der Waals surface area contributed by atoms with E-state index < -0.39 is 5.97 Å². The van der Waals surface area contributed by atoms with Crippen LogP contribution in [0.2, 0.25) is 10.0 Å². The van der Waals surface area contributed by atoms with Crippen LogP contribution in [0, 0.1) is 0 Å². The molecular weight excluding hydrogens is 305 g/mol. The summed E-state index contributed by atoms with van der Waals surface area (Å²) in [4.78, 5) is 16.0. The number of hydrogen-bond acceptors (Lipinski definition) is 3. The Morgan fingerprint density at radius 1 is 1.42 bits per heavy atom. The molecule has 100 valence electrons. The Morgan fingerprint density at radius 2 is 2.16 bits per heavy atom. The molecule has 0 atom stereocenters. The first-order chi connectivity index (χ1) is 9.04. The van der Waals surface area contributed by atoms with Crippen LogP contribution in [0.25, 0.3) is 10.4 Å². The summed E-state index contributed by atoms with van der Waals surface area (Å²) < 4.78 is 0. The highest BCUT2D eigenvalue weighted by atomic mass is 35.5. The summed E-state index contributed by atoms with van der Waals surface area (Å²) in [5.74, 6) is -1.05. The Hall–Kier alpha value is -1.10. The summed E-state index contributed by atoms with van der Waals surface area (Å²) in [6.07, 6.45) is 1.67. The lowest BCUT2D eigenvalue weighted by Crippen LogP contribution is -1.99. The summed E-state index contributed by atoms with van der Waals surface area (Å²) in [6.45, 7) is 2.02. The molecule has 0 bridgehead atoms. The summed E-state index contributed by atoms with van der Waals surface area (Å²) in [5, 5.41) is 10.8. The molecule has 1 aromatic carbocycles. The van der Waals surface area contributed by atoms with Gasteiger partial charge in [-0.1, -0.05) is 42.3 Å². The van der Waals surface area contributed by atoms with E-state index in [2.05, 4.69) is 4.98 Å². The van der Waals surface area contributed by atoms with Crippen molar-refractivity contribution in [3.63, 3.8) is 0 Å². The highest BCUT2D eigenvalue weighted by Gasteiger charge is 2.20. The van der Waals surface area contributed by atoms with Gasteiger partial charge in [0.2, 0.25) is 0 Å². The molecule has 2 rings (SSSR count). The first kappa shape index (κ1) is 14.3. The quantitative estimate of drug-likeness (QED) is 0.884. The van der Waals surface area contributed by atoms with Crippen LogP contribution in [0.15, 0.2) is 18.2 Å². The molecule has 6 heteroatoms. The van der Waals surface area contributed by atoms with E-state index in [-0.39, 0.29) is 5.69 Å². The van der Waals surface area contributed by atoms with Gasteiger partial charge in [-0.2, -0.15) is 0 Å². The van der Waals surface area contributed by atoms with Crippen LogP contribution in [0.5, 0.6) is 0 Å². The fourth-order valence-electron chi connectivity index (χ4n) is 1.69. The maximum absolute atomic E-state index is 11.3. The van der Waals surface area contributed by atoms with Crippen molar-refractivity contribution in [2.45, 2.75) is 19.8 Å². The van der Waals surface area contributed by atoms with Gasteiger partial charge in [0.15, 0.2) is 5.69 Å². The Bertz CT molecular complexity index is 625. The fraction of sp³-hybridized carbons (Fsp3) is 0.231. The van der Waals surface area contributed by atoms with Gasteiger partial charge in [0.05, 0.1) is 19.9 Å². The zero-order valence-corrected chi connectivity index (χ0v) is 12.4. The number of hydrogen-bond donors (Lipinski definition) is 1. The number of aromatic carboxylic acids is 1. The number of aryl methyl sites for hydroxylation is 1. The van der Waals surface area contributed by atoms with Gasteiger partial charge in [0.1, 0.15) is 0 Å². The van der Waals surface area contributed by atoms with Crippen LogP contribution in [-0.4, -0.2) is 16.1 Å². The second-order valence-electron chi connectivity index (χ2n) is 3.94. The lowest BCUT2D eigenvalue weighted by molar-refractivity contribution is 0.0692. The van der Waals surface area contributed by atoms with Gasteiger partial charge in [-0.15, -0.1) is 11.3 Å². The molecule has 3 nitrogen and oxygen atoms in total. The minimum Gasteiger partial charge on any atom is -0.476 e. The molecule has 1 aromatic heterocycles. The smallest absolute Gasteiger partial charge is 0.356 e. The van der Waals surface area contributed by atoms with Crippen molar-refractivity contribution in [2.24, 2.45) is 0 Å². The number of carboxylic acid groups (broad SMARTS) is 1. The van der Waals surface area contributed by atoms with Crippen molar-refractivity contribution in [1.29, 1.82) is 0 Å². The monoisotopic (exact) mass is 315 g/mol. The predicted molar refractivity (Wildman–Crippen MR) is 78.5 cm³/mol. The molecule has 0 amide bonds. The van der Waals surface area contributed by atoms with E-state index in [9.17, 15) is 9.90 Å². The number of halogens is 2. The maximum atomic E-state index is 11.3. The standard InChI is InChI=1S/C13H11Cl2NO2S/c1-2-4-9-16-11(13(17)18)12(19-9)7-5-3-6-8(14)10(7)15/h3,5-6H,2,4H2,1H3,(H,17,18). The normalized spacial score (nSPS) is 10.7. The highest BCUT2D eigenvalue weighted by Crippen LogP contribution is 2.38. The molecule has 0 unspecified atom stereocenters. The lowest BCUT2D eigenvalue weighted by atomic mass is 10.1. The Kier molecular flexibility index (Phi) is 4.45. The van der Waals surface area contributed by atoms with Crippen molar-refractivity contribution in [1.82, 2.24) is 4.98 Å². The summed E-state index contributed by atoms with van der Waals surface area (Å²) in [6, 6.07) is 5.17. The van der Waals surface area contributed by atoms with Crippen LogP contribution in [0.4, 0.5) is 0 Å². The zero-order valence-electron chi connectivity index (χ0n) is 10.1. The van der Waals surface area contributed by atoms with E-state index in [1.54, 1.807) is 18.2 Å². The number of carbonyl (C=O) groups is 1. The van der Waals surface area contributed by atoms with Crippen LogP contribution in [0.1, 0.15) is 28.8 Å². The van der Waals surface area contributed by atoms with Gasteiger partial charge in [0.25, 0.3) is 0 Å². The topological polar surface area (TPSA) is 50.2 Å². The molecule has 0 spiro atoms. The molecule has 0 aliphatic carbocycles. The number of rotatable bonds is 4. The zero-order chi connectivity index (χ0) is 14.0. The van der Waals surface area contributed by atoms with Crippen molar-refractivity contribution >= 4 is 40.5 Å². The molecule has 2 aromatic rings. The van der Waals surface area contributed by atoms with Gasteiger partial charge in [-0.25, -0.2) is 9.78 Å². The molecular formula is C13H11Cl2NO2S. The van der Waals surface area contributed by atoms with E-state index in [4.69, 9.17) is 23.2 Å². The predicted octanol–water partition coefficient (Wildman–Crippen LogP) is 4.77. The van der Waals surface area contributed by atoms with E-state index in [1.165, 1.54) is 11.3 Å². The van der Waals surface area contributed by atoms with Crippen LogP contribution < -0.4 is 0 Å². The lowest BCUT2D eigenvalue weighted by Gasteiger charge is -2.03. The van der Waals surface area contributed by atoms with Gasteiger partial charge in [-0.05, 0) is 18.9 Å². The van der Waals surface area contributed by atoms with Crippen molar-refractivity contribution in [2.75, 3.05) is 0 Å². The Morgan fingerprint density at radius 3 is 2.79 bits per heavy atom. The van der Waals surface area contributed by atoms with Crippen LogP contribution in [0.3, 0.4) is 0 Å². The van der Waals surface area contributed by atoms with Crippen molar-refractivity contribution in [3.8, 4) is 10.4 Å². The Labute approximate surface area is 124 Å². The molecule has 0 saturated heterocycles. The molecule has 0 aliphatic heterocycles. The third kappa shape index (κ3) is 2.91. The largest absolute Gasteiger partial charge is 0.476 e. The van der Waals surface area contributed by atoms with E-state index in [1.807, 2.05) is 6.92 Å². The van der Waals surface area contributed by atoms with Crippen molar-refractivity contribution in [3.05, 3.63) is 38.9 Å². The van der Waals surface area contributed by atoms with Gasteiger partial charge < -0.3 is 5.11 Å². The average Bonchev–Trinajstić information content (AvgIpc) is 2.77. The fourth-order valence-corrected chi connectivity index (χ4v) is 3.33. The maximum Gasteiger partial charge on any atom is 0.356 e. The first-order valence-corrected chi connectivity index (χ1v) is 7.29. The van der Waals surface area contributed by atoms with Gasteiger partial charge in [-0.3, -0.25) is 0 Å². The Balaban J connectivity index is 2.60. The summed E-state index contributed by atoms with van der Waals surface area (Å²) in [5.41, 5.74) is 0.657. The van der Waals surface area contributed by atoms with Crippen molar-refractivity contribution < 1.29 is 9.90 Å². The highest BCUT2D eigenvalue weighted by molar-refractivity contribution is 7.15.